The third-order valence-electron chi connectivity index (χ3n) is 5.26. The van der Waals surface area contributed by atoms with E-state index in [0.717, 1.165) is 49.4 Å². The molecule has 2 aromatic heterocycles. The number of nitrogens with one attached hydrogen (secondary N) is 1. The molecule has 1 aliphatic rings. The molecule has 0 aliphatic carbocycles. The number of amides is 1. The quantitative estimate of drug-likeness (QED) is 0.875. The summed E-state index contributed by atoms with van der Waals surface area (Å²) in [6.45, 7) is 9.92. The van der Waals surface area contributed by atoms with Crippen LogP contribution in [0.2, 0.25) is 0 Å². The molecule has 3 rings (SSSR count). The van der Waals surface area contributed by atoms with Crippen molar-refractivity contribution in [3.05, 3.63) is 34.4 Å². The van der Waals surface area contributed by atoms with Gasteiger partial charge in [0.1, 0.15) is 5.69 Å². The Hall–Kier alpha value is -2.44. The zero-order valence-corrected chi connectivity index (χ0v) is 17.0. The summed E-state index contributed by atoms with van der Waals surface area (Å²) in [5.74, 6) is 0.525. The number of piperidine rings is 1. The van der Waals surface area contributed by atoms with Crippen LogP contribution < -0.4 is 10.2 Å². The molecule has 1 atom stereocenters. The number of hydrogen-bond acceptors (Lipinski definition) is 5. The van der Waals surface area contributed by atoms with Gasteiger partial charge >= 0.3 is 0 Å². The van der Waals surface area contributed by atoms with Gasteiger partial charge in [0.05, 0.1) is 5.69 Å². The Morgan fingerprint density at radius 1 is 1.19 bits per heavy atom. The van der Waals surface area contributed by atoms with Crippen molar-refractivity contribution in [1.29, 1.82) is 0 Å². The minimum Gasteiger partial charge on any atom is -0.348 e. The standard InChI is InChI=1S/C20H30N6O/c1-13(11-17-15(3)24-25(5)16(17)4)21-19(27)18-12-14(2)22-20(23-18)26-9-7-6-8-10-26/h12-13H,6-11H2,1-5H3,(H,21,27)/t13-/m0/s1. The first-order valence-corrected chi connectivity index (χ1v) is 9.75. The van der Waals surface area contributed by atoms with Gasteiger partial charge in [0, 0.05) is 37.6 Å². The summed E-state index contributed by atoms with van der Waals surface area (Å²) in [4.78, 5) is 24.0. The first kappa shape index (κ1) is 19.3. The van der Waals surface area contributed by atoms with Gasteiger partial charge in [-0.3, -0.25) is 9.48 Å². The Kier molecular flexibility index (Phi) is 5.77. The summed E-state index contributed by atoms with van der Waals surface area (Å²) >= 11 is 0. The molecule has 0 saturated carbocycles. The molecule has 1 amide bonds. The van der Waals surface area contributed by atoms with Crippen LogP contribution in [0, 0.1) is 20.8 Å². The fourth-order valence-corrected chi connectivity index (χ4v) is 3.67. The highest BCUT2D eigenvalue weighted by Gasteiger charge is 2.19. The van der Waals surface area contributed by atoms with Crippen LogP contribution in [-0.4, -0.2) is 44.8 Å². The topological polar surface area (TPSA) is 75.9 Å². The average molecular weight is 371 g/mol. The van der Waals surface area contributed by atoms with E-state index in [-0.39, 0.29) is 11.9 Å². The highest BCUT2D eigenvalue weighted by atomic mass is 16.1. The van der Waals surface area contributed by atoms with Crippen LogP contribution in [0.1, 0.15) is 59.3 Å². The minimum absolute atomic E-state index is 0.00666. The van der Waals surface area contributed by atoms with Crippen LogP contribution in [0.5, 0.6) is 0 Å². The predicted molar refractivity (Wildman–Crippen MR) is 106 cm³/mol. The molecule has 1 saturated heterocycles. The van der Waals surface area contributed by atoms with E-state index in [0.29, 0.717) is 11.6 Å². The van der Waals surface area contributed by atoms with E-state index in [1.807, 2.05) is 32.5 Å². The number of hydrogen-bond donors (Lipinski definition) is 1. The van der Waals surface area contributed by atoms with Crippen LogP contribution in [-0.2, 0) is 13.5 Å². The molecule has 3 heterocycles. The van der Waals surface area contributed by atoms with Crippen molar-refractivity contribution in [1.82, 2.24) is 25.1 Å². The number of carbonyl (C=O) groups excluding carboxylic acids is 1. The highest BCUT2D eigenvalue weighted by molar-refractivity contribution is 5.92. The van der Waals surface area contributed by atoms with E-state index in [2.05, 4.69) is 32.2 Å². The molecule has 1 aliphatic heterocycles. The number of anilines is 1. The maximum absolute atomic E-state index is 12.8. The van der Waals surface area contributed by atoms with Gasteiger partial charge in [0.25, 0.3) is 5.91 Å². The second-order valence-electron chi connectivity index (χ2n) is 7.59. The summed E-state index contributed by atoms with van der Waals surface area (Å²) in [6, 6.07) is 1.75. The monoisotopic (exact) mass is 370 g/mol. The molecule has 0 bridgehead atoms. The second kappa shape index (κ2) is 8.06. The fraction of sp³-hybridized carbons (Fsp3) is 0.600. The lowest BCUT2D eigenvalue weighted by Crippen LogP contribution is -2.36. The highest BCUT2D eigenvalue weighted by Crippen LogP contribution is 2.17. The van der Waals surface area contributed by atoms with Crippen LogP contribution in [0.4, 0.5) is 5.95 Å². The molecular weight excluding hydrogens is 340 g/mol. The Bertz CT molecular complexity index is 822. The van der Waals surface area contributed by atoms with Gasteiger partial charge in [-0.05, 0) is 65.0 Å². The molecule has 0 unspecified atom stereocenters. The Labute approximate surface area is 161 Å². The molecule has 7 nitrogen and oxygen atoms in total. The average Bonchev–Trinajstić information content (AvgIpc) is 2.88. The van der Waals surface area contributed by atoms with E-state index in [9.17, 15) is 4.79 Å². The summed E-state index contributed by atoms with van der Waals surface area (Å²) in [6.07, 6.45) is 4.31. The second-order valence-corrected chi connectivity index (χ2v) is 7.59. The van der Waals surface area contributed by atoms with Gasteiger partial charge in [0.2, 0.25) is 5.95 Å². The summed E-state index contributed by atoms with van der Waals surface area (Å²) in [5.41, 5.74) is 4.61. The lowest BCUT2D eigenvalue weighted by molar-refractivity contribution is 0.0934. The molecule has 7 heteroatoms. The van der Waals surface area contributed by atoms with E-state index in [1.165, 1.54) is 12.0 Å². The van der Waals surface area contributed by atoms with Crippen molar-refractivity contribution < 1.29 is 4.79 Å². The first-order chi connectivity index (χ1) is 12.8. The Morgan fingerprint density at radius 2 is 1.89 bits per heavy atom. The van der Waals surface area contributed by atoms with E-state index >= 15 is 0 Å². The normalized spacial score (nSPS) is 15.7. The smallest absolute Gasteiger partial charge is 0.270 e. The molecule has 1 fully saturated rings. The third kappa shape index (κ3) is 4.46. The molecule has 0 radical (unpaired) electrons. The van der Waals surface area contributed by atoms with Gasteiger partial charge in [0.15, 0.2) is 0 Å². The SMILES string of the molecule is Cc1cc(C(=O)N[C@@H](C)Cc2c(C)nn(C)c2C)nc(N2CCCCC2)n1. The molecule has 0 spiro atoms. The van der Waals surface area contributed by atoms with Crippen LogP contribution in [0.25, 0.3) is 0 Å². The van der Waals surface area contributed by atoms with Crippen molar-refractivity contribution in [3.63, 3.8) is 0 Å². The van der Waals surface area contributed by atoms with Crippen molar-refractivity contribution in [2.24, 2.45) is 7.05 Å². The van der Waals surface area contributed by atoms with Crippen LogP contribution >= 0.6 is 0 Å². The Balaban J connectivity index is 1.70. The lowest BCUT2D eigenvalue weighted by atomic mass is 10.1. The number of aromatic nitrogens is 4. The fourth-order valence-electron chi connectivity index (χ4n) is 3.67. The van der Waals surface area contributed by atoms with E-state index < -0.39 is 0 Å². The summed E-state index contributed by atoms with van der Waals surface area (Å²) < 4.78 is 1.89. The van der Waals surface area contributed by atoms with Crippen LogP contribution in [0.3, 0.4) is 0 Å². The molecule has 2 aromatic rings. The first-order valence-electron chi connectivity index (χ1n) is 9.75. The lowest BCUT2D eigenvalue weighted by Gasteiger charge is -2.27. The summed E-state index contributed by atoms with van der Waals surface area (Å²) in [7, 11) is 1.95. The van der Waals surface area contributed by atoms with E-state index in [1.54, 1.807) is 6.07 Å². The van der Waals surface area contributed by atoms with Crippen molar-refractivity contribution in [3.8, 4) is 0 Å². The van der Waals surface area contributed by atoms with Gasteiger partial charge in [-0.1, -0.05) is 0 Å². The number of aryl methyl sites for hydroxylation is 3. The third-order valence-corrected chi connectivity index (χ3v) is 5.26. The number of rotatable bonds is 5. The van der Waals surface area contributed by atoms with Crippen molar-refractivity contribution >= 4 is 11.9 Å². The molecule has 146 valence electrons. The largest absolute Gasteiger partial charge is 0.348 e. The van der Waals surface area contributed by atoms with Crippen molar-refractivity contribution in [2.45, 2.75) is 59.4 Å². The maximum Gasteiger partial charge on any atom is 0.270 e. The van der Waals surface area contributed by atoms with E-state index in [4.69, 9.17) is 0 Å². The van der Waals surface area contributed by atoms with Crippen LogP contribution in [0.15, 0.2) is 6.07 Å². The maximum atomic E-state index is 12.8. The Morgan fingerprint density at radius 3 is 2.52 bits per heavy atom. The number of nitrogens with zero attached hydrogens (tertiary/aromatic N) is 5. The minimum atomic E-state index is -0.148. The zero-order chi connectivity index (χ0) is 19.6. The van der Waals surface area contributed by atoms with Crippen molar-refractivity contribution in [2.75, 3.05) is 18.0 Å². The molecule has 0 aromatic carbocycles. The van der Waals surface area contributed by atoms with Gasteiger partial charge in [-0.2, -0.15) is 5.10 Å². The predicted octanol–water partition coefficient (Wildman–Crippen LogP) is 2.49. The zero-order valence-electron chi connectivity index (χ0n) is 17.0. The summed E-state index contributed by atoms with van der Waals surface area (Å²) in [5, 5.41) is 7.53. The van der Waals surface area contributed by atoms with Gasteiger partial charge < -0.3 is 10.2 Å². The van der Waals surface area contributed by atoms with Gasteiger partial charge in [-0.15, -0.1) is 0 Å². The number of carbonyl (C=O) groups is 1. The molecular formula is C20H30N6O. The molecule has 1 N–H and O–H groups in total. The molecule has 27 heavy (non-hydrogen) atoms. The van der Waals surface area contributed by atoms with Gasteiger partial charge in [-0.25, -0.2) is 9.97 Å².